The van der Waals surface area contributed by atoms with Gasteiger partial charge in [-0.25, -0.2) is 9.48 Å². The number of allylic oxidation sites excluding steroid dienone is 6. The highest BCUT2D eigenvalue weighted by Crippen LogP contribution is 2.32. The Hall–Kier alpha value is -3.02. The number of alkyl halides is 1. The van der Waals surface area contributed by atoms with Crippen LogP contribution in [0.1, 0.15) is 42.0 Å². The van der Waals surface area contributed by atoms with Gasteiger partial charge in [0.15, 0.2) is 5.69 Å². The first-order valence-corrected chi connectivity index (χ1v) is 11.8. The fourth-order valence-corrected chi connectivity index (χ4v) is 3.75. The van der Waals surface area contributed by atoms with Crippen molar-refractivity contribution in [3.63, 3.8) is 0 Å². The van der Waals surface area contributed by atoms with E-state index >= 15 is 0 Å². The zero-order valence-corrected chi connectivity index (χ0v) is 22.4. The van der Waals surface area contributed by atoms with Crippen LogP contribution < -0.4 is 4.74 Å². The van der Waals surface area contributed by atoms with Gasteiger partial charge in [-0.15, -0.1) is 0 Å². The van der Waals surface area contributed by atoms with E-state index in [0.29, 0.717) is 28.4 Å². The molecule has 0 fully saturated rings. The summed E-state index contributed by atoms with van der Waals surface area (Å²) in [6.45, 7) is 9.44. The van der Waals surface area contributed by atoms with Crippen LogP contribution in [0.5, 0.6) is 5.75 Å². The lowest BCUT2D eigenvalue weighted by atomic mass is 9.99. The van der Waals surface area contributed by atoms with E-state index in [1.54, 1.807) is 44.5 Å². The van der Waals surface area contributed by atoms with Crippen molar-refractivity contribution in [2.75, 3.05) is 14.2 Å². The number of aliphatic imine (C=N–C) groups is 1. The van der Waals surface area contributed by atoms with Gasteiger partial charge in [0.05, 0.1) is 12.8 Å². The fourth-order valence-electron chi connectivity index (χ4n) is 3.44. The molecule has 2 atom stereocenters. The summed E-state index contributed by atoms with van der Waals surface area (Å²) < 4.78 is 25.5. The van der Waals surface area contributed by atoms with E-state index in [4.69, 9.17) is 21.1 Å². The number of esters is 1. The average Bonchev–Trinajstić information content (AvgIpc) is 3.13. The molecular formula is C26H30ClFN3O3P. The van der Waals surface area contributed by atoms with E-state index in [0.717, 1.165) is 16.7 Å². The minimum absolute atomic E-state index is 0.125. The van der Waals surface area contributed by atoms with Crippen molar-refractivity contribution in [1.29, 1.82) is 0 Å². The molecule has 2 unspecified atom stereocenters. The van der Waals surface area contributed by atoms with Gasteiger partial charge in [-0.3, -0.25) is 4.99 Å². The van der Waals surface area contributed by atoms with Gasteiger partial charge in [0.1, 0.15) is 11.4 Å². The van der Waals surface area contributed by atoms with Gasteiger partial charge in [0.2, 0.25) is 6.10 Å². The molecule has 0 amide bonds. The second-order valence-electron chi connectivity index (χ2n) is 7.62. The molecule has 6 nitrogen and oxygen atoms in total. The van der Waals surface area contributed by atoms with Crippen LogP contribution in [0, 0.1) is 6.92 Å². The number of nitrogens with zero attached hydrogens (tertiary/aromatic N) is 3. The maximum absolute atomic E-state index is 13.7. The number of hydrogen-bond acceptors (Lipinski definition) is 5. The van der Waals surface area contributed by atoms with Crippen LogP contribution in [0.25, 0.3) is 11.8 Å². The number of carbonyl (C=O) groups is 1. The Morgan fingerprint density at radius 1 is 1.40 bits per heavy atom. The number of rotatable bonds is 10. The Balaban J connectivity index is 2.81. The molecule has 1 aromatic carbocycles. The van der Waals surface area contributed by atoms with E-state index in [9.17, 15) is 9.18 Å². The SMILES string of the molecule is C=C/C=C\C/C(C)=C(C=NC)/C(C)=C/c1c(C)c(C(=O)OC)nn1-c1cc(Cl)ccc1OC(F)P. The summed E-state index contributed by atoms with van der Waals surface area (Å²) in [4.78, 5) is 16.7. The molecule has 0 saturated carbocycles. The van der Waals surface area contributed by atoms with Crippen molar-refractivity contribution >= 4 is 39.1 Å². The lowest BCUT2D eigenvalue weighted by Gasteiger charge is -2.15. The van der Waals surface area contributed by atoms with Gasteiger partial charge in [-0.1, -0.05) is 51.2 Å². The number of methoxy groups -OCH3 is 1. The number of carbonyl (C=O) groups excluding carboxylic acids is 1. The molecule has 0 bridgehead atoms. The second-order valence-corrected chi connectivity index (χ2v) is 8.58. The van der Waals surface area contributed by atoms with Crippen molar-refractivity contribution in [3.8, 4) is 11.4 Å². The number of hydrogen-bond donors (Lipinski definition) is 0. The molecule has 35 heavy (non-hydrogen) atoms. The molecule has 0 N–H and O–H groups in total. The topological polar surface area (TPSA) is 65.7 Å². The third-order valence-corrected chi connectivity index (χ3v) is 5.50. The number of aromatic nitrogens is 2. The summed E-state index contributed by atoms with van der Waals surface area (Å²) in [6.07, 6.45) is 8.37. The summed E-state index contributed by atoms with van der Waals surface area (Å²) in [5, 5.41) is 4.88. The second kappa shape index (κ2) is 13.2. The van der Waals surface area contributed by atoms with Crippen LogP contribution in [0.3, 0.4) is 0 Å². The van der Waals surface area contributed by atoms with Crippen molar-refractivity contribution in [2.24, 2.45) is 4.99 Å². The average molecular weight is 518 g/mol. The summed E-state index contributed by atoms with van der Waals surface area (Å²) in [5.41, 5.74) is 4.59. The molecule has 2 aromatic rings. The van der Waals surface area contributed by atoms with Crippen molar-refractivity contribution < 1.29 is 18.7 Å². The molecule has 0 spiro atoms. The molecule has 0 aliphatic heterocycles. The van der Waals surface area contributed by atoms with Crippen LogP contribution in [-0.2, 0) is 4.74 Å². The number of benzene rings is 1. The lowest BCUT2D eigenvalue weighted by Crippen LogP contribution is -2.08. The first-order valence-electron chi connectivity index (χ1n) is 10.8. The van der Waals surface area contributed by atoms with Crippen LogP contribution in [-0.4, -0.2) is 42.2 Å². The van der Waals surface area contributed by atoms with Gasteiger partial charge in [0, 0.05) is 23.8 Å². The van der Waals surface area contributed by atoms with Crippen LogP contribution in [0.4, 0.5) is 4.39 Å². The van der Waals surface area contributed by atoms with Crippen molar-refractivity contribution in [3.05, 3.63) is 81.7 Å². The fraction of sp³-hybridized carbons (Fsp3) is 0.269. The Labute approximate surface area is 213 Å². The molecule has 186 valence electrons. The monoisotopic (exact) mass is 517 g/mol. The maximum Gasteiger partial charge on any atom is 0.358 e. The molecular weight excluding hydrogens is 488 g/mol. The predicted molar refractivity (Wildman–Crippen MR) is 145 cm³/mol. The van der Waals surface area contributed by atoms with E-state index < -0.39 is 12.1 Å². The van der Waals surface area contributed by atoms with Gasteiger partial charge in [0.25, 0.3) is 0 Å². The van der Waals surface area contributed by atoms with E-state index in [1.807, 2.05) is 41.3 Å². The van der Waals surface area contributed by atoms with Gasteiger partial charge in [-0.2, -0.15) is 9.49 Å². The molecule has 2 rings (SSSR count). The molecule has 0 aliphatic carbocycles. The number of ether oxygens (including phenoxy) is 2. The Morgan fingerprint density at radius 2 is 2.11 bits per heavy atom. The van der Waals surface area contributed by atoms with Crippen molar-refractivity contribution in [1.82, 2.24) is 9.78 Å². The highest BCUT2D eigenvalue weighted by molar-refractivity contribution is 7.16. The first-order chi connectivity index (χ1) is 16.6. The third kappa shape index (κ3) is 7.23. The van der Waals surface area contributed by atoms with Crippen LogP contribution in [0.2, 0.25) is 5.02 Å². The summed E-state index contributed by atoms with van der Waals surface area (Å²) >= 11 is 6.25. The molecule has 0 aliphatic rings. The van der Waals surface area contributed by atoms with Gasteiger partial charge in [-0.05, 0) is 62.6 Å². The smallest absolute Gasteiger partial charge is 0.358 e. The predicted octanol–water partition coefficient (Wildman–Crippen LogP) is 6.68. The first kappa shape index (κ1) is 28.2. The largest absolute Gasteiger partial charge is 0.464 e. The minimum Gasteiger partial charge on any atom is -0.464 e. The van der Waals surface area contributed by atoms with E-state index in [1.165, 1.54) is 11.8 Å². The highest BCUT2D eigenvalue weighted by atomic mass is 35.5. The maximum atomic E-state index is 13.7. The zero-order chi connectivity index (χ0) is 26.1. The third-order valence-electron chi connectivity index (χ3n) is 5.13. The van der Waals surface area contributed by atoms with Gasteiger partial charge < -0.3 is 9.47 Å². The zero-order valence-electron chi connectivity index (χ0n) is 20.5. The summed E-state index contributed by atoms with van der Waals surface area (Å²) in [7, 11) is 4.93. The molecule has 0 radical (unpaired) electrons. The lowest BCUT2D eigenvalue weighted by molar-refractivity contribution is 0.0592. The normalized spacial score (nSPS) is 13.8. The standard InChI is InChI=1S/C26H30ClFN3O3P/c1-7-8-9-10-16(2)20(15-29-5)17(3)13-21-18(4)24(25(32)33-6)30-31(21)22-14-19(27)11-12-23(22)34-26(28)35/h7-9,11-15,26H,1,10,35H2,2-6H3/b9-8-,17-13+,20-16+,29-15?. The quantitative estimate of drug-likeness (QED) is 0.153. The molecule has 9 heteroatoms. The minimum atomic E-state index is -1.64. The van der Waals surface area contributed by atoms with E-state index in [-0.39, 0.29) is 11.4 Å². The molecule has 1 heterocycles. The van der Waals surface area contributed by atoms with Crippen LogP contribution in [0.15, 0.2) is 64.7 Å². The van der Waals surface area contributed by atoms with E-state index in [2.05, 4.69) is 16.7 Å². The summed E-state index contributed by atoms with van der Waals surface area (Å²) in [6, 6.07) is 4.73. The Bertz CT molecular complexity index is 1210. The Kier molecular flexibility index (Phi) is 10.6. The van der Waals surface area contributed by atoms with Crippen molar-refractivity contribution in [2.45, 2.75) is 33.3 Å². The highest BCUT2D eigenvalue weighted by Gasteiger charge is 2.23. The summed E-state index contributed by atoms with van der Waals surface area (Å²) in [5.74, 6) is -0.385. The number of halogens is 2. The van der Waals surface area contributed by atoms with Crippen LogP contribution >= 0.6 is 20.8 Å². The molecule has 0 saturated heterocycles. The Morgan fingerprint density at radius 3 is 2.71 bits per heavy atom. The molecule has 1 aromatic heterocycles. The van der Waals surface area contributed by atoms with Gasteiger partial charge >= 0.3 is 5.97 Å².